The van der Waals surface area contributed by atoms with Crippen LogP contribution in [0.3, 0.4) is 0 Å². The lowest BCUT2D eigenvalue weighted by Gasteiger charge is -2.07. The third-order valence-electron chi connectivity index (χ3n) is 1.69. The van der Waals surface area contributed by atoms with Crippen molar-refractivity contribution < 1.29 is 4.79 Å². The number of carbonyl (C=O) groups is 1. The second-order valence-corrected chi connectivity index (χ2v) is 2.69. The fourth-order valence-electron chi connectivity index (χ4n) is 1.15. The van der Waals surface area contributed by atoms with Crippen LogP contribution in [-0.2, 0) is 6.42 Å². The number of hydrogen-bond donors (Lipinski definition) is 3. The largest absolute Gasteiger partial charge is 0.351 e. The molecular weight excluding hydrogens is 166 g/mol. The van der Waals surface area contributed by atoms with Gasteiger partial charge in [-0.3, -0.25) is 0 Å². The van der Waals surface area contributed by atoms with Crippen molar-refractivity contribution in [3.05, 3.63) is 29.8 Å². The lowest BCUT2D eigenvalue weighted by atomic mass is 10.1. The van der Waals surface area contributed by atoms with Crippen LogP contribution in [0, 0.1) is 0 Å². The molecule has 13 heavy (non-hydrogen) atoms. The van der Waals surface area contributed by atoms with Gasteiger partial charge in [0.15, 0.2) is 0 Å². The van der Waals surface area contributed by atoms with E-state index in [1.54, 1.807) is 6.07 Å². The van der Waals surface area contributed by atoms with Crippen LogP contribution in [0.1, 0.15) is 5.56 Å². The Labute approximate surface area is 76.9 Å². The molecule has 2 amide bonds. The lowest BCUT2D eigenvalue weighted by Crippen LogP contribution is -2.20. The van der Waals surface area contributed by atoms with E-state index in [0.29, 0.717) is 6.54 Å². The Balaban J connectivity index is 2.84. The molecule has 0 aromatic heterocycles. The van der Waals surface area contributed by atoms with Gasteiger partial charge in [0, 0.05) is 5.69 Å². The molecule has 0 heterocycles. The summed E-state index contributed by atoms with van der Waals surface area (Å²) in [7, 11) is 0. The SMILES string of the molecule is NCCc1ccccc1NC(N)=O. The van der Waals surface area contributed by atoms with Crippen LogP contribution in [0.2, 0.25) is 0 Å². The van der Waals surface area contributed by atoms with Gasteiger partial charge in [0.1, 0.15) is 0 Å². The summed E-state index contributed by atoms with van der Waals surface area (Å²) < 4.78 is 0. The van der Waals surface area contributed by atoms with Crippen LogP contribution in [0.25, 0.3) is 0 Å². The number of para-hydroxylation sites is 1. The third-order valence-corrected chi connectivity index (χ3v) is 1.69. The molecule has 0 saturated heterocycles. The maximum Gasteiger partial charge on any atom is 0.316 e. The molecule has 0 bridgehead atoms. The summed E-state index contributed by atoms with van der Waals surface area (Å²) in [6.45, 7) is 0.553. The molecule has 4 nitrogen and oxygen atoms in total. The van der Waals surface area contributed by atoms with E-state index in [9.17, 15) is 4.79 Å². The second-order valence-electron chi connectivity index (χ2n) is 2.69. The highest BCUT2D eigenvalue weighted by Crippen LogP contribution is 2.14. The smallest absolute Gasteiger partial charge is 0.316 e. The molecule has 5 N–H and O–H groups in total. The molecular formula is C9H13N3O. The molecule has 1 rings (SSSR count). The Morgan fingerprint density at radius 2 is 2.08 bits per heavy atom. The summed E-state index contributed by atoms with van der Waals surface area (Å²) in [5.41, 5.74) is 12.2. The number of carbonyl (C=O) groups excluding carboxylic acids is 1. The number of rotatable bonds is 3. The first-order chi connectivity index (χ1) is 6.24. The van der Waals surface area contributed by atoms with Crippen molar-refractivity contribution in [2.45, 2.75) is 6.42 Å². The average molecular weight is 179 g/mol. The number of nitrogens with one attached hydrogen (secondary N) is 1. The van der Waals surface area contributed by atoms with Crippen molar-refractivity contribution in [1.29, 1.82) is 0 Å². The van der Waals surface area contributed by atoms with Gasteiger partial charge in [0.25, 0.3) is 0 Å². The minimum absolute atomic E-state index is 0.551. The number of hydrogen-bond acceptors (Lipinski definition) is 2. The predicted molar refractivity (Wildman–Crippen MR) is 52.4 cm³/mol. The van der Waals surface area contributed by atoms with Gasteiger partial charge in [0.05, 0.1) is 0 Å². The van der Waals surface area contributed by atoms with Gasteiger partial charge in [-0.05, 0) is 24.6 Å². The highest BCUT2D eigenvalue weighted by molar-refractivity contribution is 5.88. The summed E-state index contributed by atoms with van der Waals surface area (Å²) >= 11 is 0. The van der Waals surface area contributed by atoms with Gasteiger partial charge in [-0.1, -0.05) is 18.2 Å². The molecule has 1 aromatic carbocycles. The highest BCUT2D eigenvalue weighted by atomic mass is 16.2. The maximum atomic E-state index is 10.6. The molecule has 0 aliphatic heterocycles. The molecule has 0 radical (unpaired) electrons. The van der Waals surface area contributed by atoms with Crippen molar-refractivity contribution in [3.63, 3.8) is 0 Å². The van der Waals surface area contributed by atoms with E-state index in [1.165, 1.54) is 0 Å². The van der Waals surface area contributed by atoms with E-state index >= 15 is 0 Å². The van der Waals surface area contributed by atoms with Crippen molar-refractivity contribution in [3.8, 4) is 0 Å². The van der Waals surface area contributed by atoms with Crippen molar-refractivity contribution in [2.24, 2.45) is 11.5 Å². The fourth-order valence-corrected chi connectivity index (χ4v) is 1.15. The first-order valence-electron chi connectivity index (χ1n) is 4.08. The number of nitrogens with two attached hydrogens (primary N) is 2. The van der Waals surface area contributed by atoms with Crippen LogP contribution in [0.5, 0.6) is 0 Å². The van der Waals surface area contributed by atoms with E-state index < -0.39 is 6.03 Å². The maximum absolute atomic E-state index is 10.6. The van der Waals surface area contributed by atoms with Gasteiger partial charge in [0.2, 0.25) is 0 Å². The van der Waals surface area contributed by atoms with Crippen molar-refractivity contribution in [2.75, 3.05) is 11.9 Å². The van der Waals surface area contributed by atoms with Crippen LogP contribution in [-0.4, -0.2) is 12.6 Å². The summed E-state index contributed by atoms with van der Waals surface area (Å²) in [6.07, 6.45) is 0.733. The van der Waals surface area contributed by atoms with E-state index in [4.69, 9.17) is 11.5 Å². The Kier molecular flexibility index (Phi) is 3.28. The predicted octanol–water partition coefficient (Wildman–Crippen LogP) is 0.678. The van der Waals surface area contributed by atoms with E-state index in [-0.39, 0.29) is 0 Å². The summed E-state index contributed by atoms with van der Waals surface area (Å²) in [6, 6.07) is 6.90. The quantitative estimate of drug-likeness (QED) is 0.637. The first kappa shape index (κ1) is 9.54. The van der Waals surface area contributed by atoms with Crippen LogP contribution < -0.4 is 16.8 Å². The minimum atomic E-state index is -0.551. The van der Waals surface area contributed by atoms with E-state index in [0.717, 1.165) is 17.7 Å². The Hall–Kier alpha value is -1.55. The molecule has 0 fully saturated rings. The fraction of sp³-hybridized carbons (Fsp3) is 0.222. The van der Waals surface area contributed by atoms with Crippen LogP contribution in [0.4, 0.5) is 10.5 Å². The molecule has 0 atom stereocenters. The van der Waals surface area contributed by atoms with Gasteiger partial charge in [-0.15, -0.1) is 0 Å². The van der Waals surface area contributed by atoms with E-state index in [2.05, 4.69) is 5.32 Å². The summed E-state index contributed by atoms with van der Waals surface area (Å²) in [4.78, 5) is 10.6. The second kappa shape index (κ2) is 4.47. The zero-order valence-corrected chi connectivity index (χ0v) is 7.29. The molecule has 4 heteroatoms. The van der Waals surface area contributed by atoms with Crippen LogP contribution >= 0.6 is 0 Å². The van der Waals surface area contributed by atoms with Crippen LogP contribution in [0.15, 0.2) is 24.3 Å². The highest BCUT2D eigenvalue weighted by Gasteiger charge is 2.01. The van der Waals surface area contributed by atoms with Crippen molar-refractivity contribution >= 4 is 11.7 Å². The number of primary amides is 1. The normalized spacial score (nSPS) is 9.62. The molecule has 70 valence electrons. The van der Waals surface area contributed by atoms with Crippen molar-refractivity contribution in [1.82, 2.24) is 0 Å². The number of urea groups is 1. The number of benzene rings is 1. The third kappa shape index (κ3) is 2.76. The zero-order chi connectivity index (χ0) is 9.68. The summed E-state index contributed by atoms with van der Waals surface area (Å²) in [5.74, 6) is 0. The topological polar surface area (TPSA) is 81.1 Å². The number of amides is 2. The van der Waals surface area contributed by atoms with Gasteiger partial charge >= 0.3 is 6.03 Å². The monoisotopic (exact) mass is 179 g/mol. The Morgan fingerprint density at radius 1 is 1.38 bits per heavy atom. The number of anilines is 1. The van der Waals surface area contributed by atoms with Gasteiger partial charge in [-0.25, -0.2) is 4.79 Å². The molecule has 0 aliphatic rings. The van der Waals surface area contributed by atoms with Gasteiger partial charge < -0.3 is 16.8 Å². The van der Waals surface area contributed by atoms with Gasteiger partial charge in [-0.2, -0.15) is 0 Å². The lowest BCUT2D eigenvalue weighted by molar-refractivity contribution is 0.259. The zero-order valence-electron chi connectivity index (χ0n) is 7.29. The Morgan fingerprint density at radius 3 is 2.69 bits per heavy atom. The minimum Gasteiger partial charge on any atom is -0.351 e. The molecule has 0 unspecified atom stereocenters. The standard InChI is InChI=1S/C9H13N3O/c10-6-5-7-3-1-2-4-8(7)12-9(11)13/h1-4H,5-6,10H2,(H3,11,12,13). The van der Waals surface area contributed by atoms with E-state index in [1.807, 2.05) is 18.2 Å². The molecule has 1 aromatic rings. The summed E-state index contributed by atoms with van der Waals surface area (Å²) in [5, 5.41) is 2.54. The Bertz CT molecular complexity index is 299. The first-order valence-corrected chi connectivity index (χ1v) is 4.08. The average Bonchev–Trinajstić information content (AvgIpc) is 2.08. The molecule has 0 spiro atoms. The molecule has 0 saturated carbocycles. The molecule has 0 aliphatic carbocycles.